The van der Waals surface area contributed by atoms with Crippen LogP contribution in [0.5, 0.6) is 0 Å². The molecular formula is C22H25NO5. The second kappa shape index (κ2) is 11.0. The minimum Gasteiger partial charge on any atom is -0.464 e. The van der Waals surface area contributed by atoms with Gasteiger partial charge in [-0.25, -0.2) is 9.59 Å². The summed E-state index contributed by atoms with van der Waals surface area (Å²) < 4.78 is 10.2. The molecule has 0 saturated heterocycles. The summed E-state index contributed by atoms with van der Waals surface area (Å²) in [5.41, 5.74) is 1.77. The van der Waals surface area contributed by atoms with Gasteiger partial charge >= 0.3 is 12.1 Å². The van der Waals surface area contributed by atoms with Gasteiger partial charge in [-0.2, -0.15) is 4.99 Å². The van der Waals surface area contributed by atoms with Gasteiger partial charge in [0.25, 0.3) is 0 Å². The molecular weight excluding hydrogens is 358 g/mol. The van der Waals surface area contributed by atoms with E-state index in [9.17, 15) is 14.7 Å². The average molecular weight is 383 g/mol. The number of carbonyl (C=O) groups excluding carboxylic acids is 2. The van der Waals surface area contributed by atoms with Crippen molar-refractivity contribution in [2.45, 2.75) is 33.0 Å². The van der Waals surface area contributed by atoms with Crippen molar-refractivity contribution in [2.24, 2.45) is 10.9 Å². The lowest BCUT2D eigenvalue weighted by Gasteiger charge is -2.22. The monoisotopic (exact) mass is 383 g/mol. The lowest BCUT2D eigenvalue weighted by molar-refractivity contribution is -0.154. The molecule has 6 nitrogen and oxygen atoms in total. The summed E-state index contributed by atoms with van der Waals surface area (Å²) in [6.45, 7) is 3.71. The first-order chi connectivity index (χ1) is 13.6. The third-order valence-electron chi connectivity index (χ3n) is 4.19. The molecule has 148 valence electrons. The molecule has 2 aromatic rings. The Morgan fingerprint density at radius 3 is 2.14 bits per heavy atom. The van der Waals surface area contributed by atoms with E-state index in [2.05, 4.69) is 4.99 Å². The Kier molecular flexibility index (Phi) is 8.37. The quantitative estimate of drug-likeness (QED) is 0.554. The van der Waals surface area contributed by atoms with E-state index in [0.717, 1.165) is 5.56 Å². The third-order valence-corrected chi connectivity index (χ3v) is 4.19. The first-order valence-electron chi connectivity index (χ1n) is 9.26. The van der Waals surface area contributed by atoms with Crippen LogP contribution >= 0.6 is 0 Å². The second-order valence-corrected chi connectivity index (χ2v) is 6.11. The number of aliphatic hydroxyl groups is 1. The van der Waals surface area contributed by atoms with E-state index in [1.165, 1.54) is 0 Å². The smallest absolute Gasteiger partial charge is 0.434 e. The maximum absolute atomic E-state index is 12.3. The molecule has 0 spiro atoms. The van der Waals surface area contributed by atoms with Gasteiger partial charge in [0.05, 0.1) is 12.3 Å². The topological polar surface area (TPSA) is 85.2 Å². The number of amides is 1. The fraction of sp³-hybridized carbons (Fsp3) is 0.318. The van der Waals surface area contributed by atoms with Crippen LogP contribution in [0.1, 0.15) is 31.4 Å². The molecule has 28 heavy (non-hydrogen) atoms. The summed E-state index contributed by atoms with van der Waals surface area (Å²) in [6, 6.07) is 18.2. The van der Waals surface area contributed by atoms with Crippen LogP contribution in [0, 0.1) is 5.92 Å². The van der Waals surface area contributed by atoms with Crippen molar-refractivity contribution in [1.29, 1.82) is 0 Å². The Balaban J connectivity index is 2.26. The van der Waals surface area contributed by atoms with Crippen molar-refractivity contribution < 1.29 is 24.2 Å². The molecule has 1 unspecified atom stereocenters. The van der Waals surface area contributed by atoms with Crippen molar-refractivity contribution in [2.75, 3.05) is 6.61 Å². The van der Waals surface area contributed by atoms with Crippen molar-refractivity contribution in [1.82, 2.24) is 0 Å². The number of carbonyl (C=O) groups is 2. The zero-order valence-corrected chi connectivity index (χ0v) is 16.1. The van der Waals surface area contributed by atoms with Crippen LogP contribution in [0.25, 0.3) is 0 Å². The molecule has 0 saturated carbocycles. The fourth-order valence-corrected chi connectivity index (χ4v) is 2.78. The van der Waals surface area contributed by atoms with Crippen LogP contribution < -0.4 is 0 Å². The van der Waals surface area contributed by atoms with Crippen molar-refractivity contribution in [3.63, 3.8) is 0 Å². The highest BCUT2D eigenvalue weighted by Gasteiger charge is 2.31. The van der Waals surface area contributed by atoms with Crippen molar-refractivity contribution in [3.05, 3.63) is 71.8 Å². The number of benzene rings is 2. The highest BCUT2D eigenvalue weighted by Crippen LogP contribution is 2.19. The van der Waals surface area contributed by atoms with Crippen LogP contribution in [-0.2, 0) is 20.9 Å². The maximum atomic E-state index is 12.3. The van der Waals surface area contributed by atoms with Crippen LogP contribution in [0.3, 0.4) is 0 Å². The molecule has 0 aliphatic heterocycles. The minimum absolute atomic E-state index is 0.0858. The molecule has 2 rings (SSSR count). The van der Waals surface area contributed by atoms with Crippen LogP contribution in [0.2, 0.25) is 0 Å². The molecule has 0 bridgehead atoms. The molecule has 1 amide bonds. The summed E-state index contributed by atoms with van der Waals surface area (Å²) in [5.74, 6) is -1.44. The van der Waals surface area contributed by atoms with Crippen LogP contribution in [0.15, 0.2) is 65.7 Å². The van der Waals surface area contributed by atoms with Crippen molar-refractivity contribution in [3.8, 4) is 0 Å². The van der Waals surface area contributed by atoms with Gasteiger partial charge in [0.15, 0.2) is 6.10 Å². The molecule has 0 fully saturated rings. The van der Waals surface area contributed by atoms with Gasteiger partial charge in [0.2, 0.25) is 0 Å². The Morgan fingerprint density at radius 2 is 1.57 bits per heavy atom. The number of hydrogen-bond acceptors (Lipinski definition) is 5. The Labute approximate surface area is 164 Å². The SMILES string of the molecule is CCOC(=O)[C@@H](O)C(CC)/C(=N\C(=O)OCc1ccccc1)c1ccccc1. The van der Waals surface area contributed by atoms with Gasteiger partial charge in [-0.3, -0.25) is 0 Å². The van der Waals surface area contributed by atoms with Crippen molar-refractivity contribution >= 4 is 17.8 Å². The van der Waals surface area contributed by atoms with E-state index in [0.29, 0.717) is 17.7 Å². The van der Waals surface area contributed by atoms with Gasteiger partial charge in [-0.05, 0) is 24.5 Å². The third kappa shape index (κ3) is 6.03. The zero-order valence-electron chi connectivity index (χ0n) is 16.1. The maximum Gasteiger partial charge on any atom is 0.434 e. The summed E-state index contributed by atoms with van der Waals surface area (Å²) >= 11 is 0. The number of ether oxygens (including phenoxy) is 2. The number of aliphatic imine (C=N–C) groups is 1. The minimum atomic E-state index is -1.43. The van der Waals surface area contributed by atoms with E-state index in [1.54, 1.807) is 38.1 Å². The largest absolute Gasteiger partial charge is 0.464 e. The lowest BCUT2D eigenvalue weighted by atomic mass is 9.89. The van der Waals surface area contributed by atoms with E-state index >= 15 is 0 Å². The molecule has 2 atom stereocenters. The van der Waals surface area contributed by atoms with E-state index < -0.39 is 24.1 Å². The summed E-state index contributed by atoms with van der Waals surface area (Å²) in [7, 11) is 0. The Morgan fingerprint density at radius 1 is 0.964 bits per heavy atom. The molecule has 1 N–H and O–H groups in total. The van der Waals surface area contributed by atoms with Crippen LogP contribution in [-0.4, -0.2) is 35.6 Å². The van der Waals surface area contributed by atoms with E-state index in [4.69, 9.17) is 9.47 Å². The number of esters is 1. The van der Waals surface area contributed by atoms with Gasteiger partial charge in [-0.1, -0.05) is 67.6 Å². The zero-order chi connectivity index (χ0) is 20.4. The lowest BCUT2D eigenvalue weighted by Crippen LogP contribution is -2.36. The Bertz CT molecular complexity index is 789. The predicted octanol–water partition coefficient (Wildman–Crippen LogP) is 3.76. The molecule has 0 aromatic heterocycles. The van der Waals surface area contributed by atoms with E-state index in [-0.39, 0.29) is 13.2 Å². The number of aliphatic hydroxyl groups excluding tert-OH is 1. The molecule has 6 heteroatoms. The molecule has 0 aliphatic rings. The number of nitrogens with zero attached hydrogens (tertiary/aromatic N) is 1. The molecule has 0 aliphatic carbocycles. The predicted molar refractivity (Wildman–Crippen MR) is 106 cm³/mol. The summed E-state index contributed by atoms with van der Waals surface area (Å²) in [5, 5.41) is 10.5. The Hall–Kier alpha value is -2.99. The summed E-state index contributed by atoms with van der Waals surface area (Å²) in [4.78, 5) is 28.4. The van der Waals surface area contributed by atoms with Gasteiger partial charge in [0, 0.05) is 5.92 Å². The molecule has 0 heterocycles. The molecule has 2 aromatic carbocycles. The normalized spacial score (nSPS) is 13.5. The number of rotatable bonds is 8. The average Bonchev–Trinajstić information content (AvgIpc) is 2.73. The van der Waals surface area contributed by atoms with Crippen LogP contribution in [0.4, 0.5) is 4.79 Å². The van der Waals surface area contributed by atoms with E-state index in [1.807, 2.05) is 36.4 Å². The van der Waals surface area contributed by atoms with Gasteiger partial charge in [0.1, 0.15) is 6.61 Å². The summed E-state index contributed by atoms with van der Waals surface area (Å²) in [6.07, 6.45) is -1.82. The van der Waals surface area contributed by atoms with Gasteiger partial charge < -0.3 is 14.6 Å². The number of hydrogen-bond donors (Lipinski definition) is 1. The first-order valence-corrected chi connectivity index (χ1v) is 9.26. The standard InChI is InChI=1S/C22H25NO5/c1-3-18(20(24)21(25)27-4-2)19(17-13-9-6-10-14-17)23-22(26)28-15-16-11-7-5-8-12-16/h5-14,18,20,24H,3-4,15H2,1-2H3/b23-19-/t18?,20-/m0/s1. The fourth-order valence-electron chi connectivity index (χ4n) is 2.78. The second-order valence-electron chi connectivity index (χ2n) is 6.11. The highest BCUT2D eigenvalue weighted by molar-refractivity contribution is 6.08. The molecule has 0 radical (unpaired) electrons. The first kappa shape index (κ1) is 21.3. The highest BCUT2D eigenvalue weighted by atomic mass is 16.5. The van der Waals surface area contributed by atoms with Gasteiger partial charge in [-0.15, -0.1) is 0 Å².